The van der Waals surface area contributed by atoms with Gasteiger partial charge in [0.15, 0.2) is 5.78 Å². The van der Waals surface area contributed by atoms with Crippen LogP contribution >= 0.6 is 0 Å². The summed E-state index contributed by atoms with van der Waals surface area (Å²) in [6.45, 7) is 6.62. The molecule has 0 spiro atoms. The summed E-state index contributed by atoms with van der Waals surface area (Å²) in [7, 11) is 1.51. The molecule has 0 bridgehead atoms. The van der Waals surface area contributed by atoms with Gasteiger partial charge in [0.1, 0.15) is 6.61 Å². The zero-order valence-corrected chi connectivity index (χ0v) is 13.0. The molecule has 1 heterocycles. The summed E-state index contributed by atoms with van der Waals surface area (Å²) in [6, 6.07) is 10.0. The van der Waals surface area contributed by atoms with E-state index >= 15 is 0 Å². The van der Waals surface area contributed by atoms with Crippen LogP contribution in [-0.4, -0.2) is 29.3 Å². The van der Waals surface area contributed by atoms with Gasteiger partial charge < -0.3 is 4.74 Å². The van der Waals surface area contributed by atoms with Crippen LogP contribution in [0.15, 0.2) is 48.7 Å². The van der Waals surface area contributed by atoms with Crippen molar-refractivity contribution in [2.45, 2.75) is 13.5 Å². The third-order valence-corrected chi connectivity index (χ3v) is 3.32. The van der Waals surface area contributed by atoms with Crippen LogP contribution in [0.5, 0.6) is 0 Å². The Kier molecular flexibility index (Phi) is 5.44. The fraction of sp³-hybridized carbons (Fsp3) is 0.222. The van der Waals surface area contributed by atoms with Crippen molar-refractivity contribution in [3.05, 3.63) is 64.8 Å². The molecule has 2 aromatic rings. The van der Waals surface area contributed by atoms with Crippen molar-refractivity contribution in [1.82, 2.24) is 9.78 Å². The van der Waals surface area contributed by atoms with Crippen molar-refractivity contribution < 1.29 is 9.53 Å². The molecule has 4 nitrogen and oxygen atoms in total. The third-order valence-electron chi connectivity index (χ3n) is 3.32. The van der Waals surface area contributed by atoms with Crippen LogP contribution in [0.4, 0.5) is 0 Å². The van der Waals surface area contributed by atoms with Crippen LogP contribution in [0, 0.1) is 0 Å². The molecule has 0 unspecified atom stereocenters. The van der Waals surface area contributed by atoms with Crippen LogP contribution < -0.4 is 10.6 Å². The summed E-state index contributed by atoms with van der Waals surface area (Å²) in [5, 5.41) is 5.83. The third kappa shape index (κ3) is 3.59. The summed E-state index contributed by atoms with van der Waals surface area (Å²) in [5.74, 6) is -0.0789. The fourth-order valence-electron chi connectivity index (χ4n) is 2.24. The predicted octanol–water partition coefficient (Wildman–Crippen LogP) is 1.28. The molecule has 0 saturated carbocycles. The van der Waals surface area contributed by atoms with E-state index in [1.165, 1.54) is 7.11 Å². The highest BCUT2D eigenvalue weighted by Gasteiger charge is 2.09. The summed E-state index contributed by atoms with van der Waals surface area (Å²) in [6.07, 6.45) is 5.30. The minimum Gasteiger partial charge on any atom is -0.377 e. The number of nitrogens with zero attached hydrogens (tertiary/aromatic N) is 2. The van der Waals surface area contributed by atoms with E-state index in [2.05, 4.69) is 11.7 Å². The zero-order chi connectivity index (χ0) is 15.9. The minimum atomic E-state index is -0.0789. The Morgan fingerprint density at radius 1 is 1.36 bits per heavy atom. The van der Waals surface area contributed by atoms with Gasteiger partial charge in [-0.25, -0.2) is 0 Å². The Bertz CT molecular complexity index is 773. The number of aromatic nitrogens is 2. The monoisotopic (exact) mass is 296 g/mol. The largest absolute Gasteiger partial charge is 0.377 e. The number of benzene rings is 1. The molecule has 22 heavy (non-hydrogen) atoms. The number of allylic oxidation sites excluding steroid dienone is 2. The summed E-state index contributed by atoms with van der Waals surface area (Å²) >= 11 is 0. The van der Waals surface area contributed by atoms with Crippen LogP contribution in [0.1, 0.15) is 12.5 Å². The van der Waals surface area contributed by atoms with E-state index < -0.39 is 0 Å². The van der Waals surface area contributed by atoms with Crippen molar-refractivity contribution in [2.75, 3.05) is 13.7 Å². The number of hydrogen-bond acceptors (Lipinski definition) is 3. The van der Waals surface area contributed by atoms with Gasteiger partial charge in [-0.05, 0) is 12.5 Å². The molecule has 0 amide bonds. The molecule has 0 aliphatic heterocycles. The maximum atomic E-state index is 12.2. The lowest BCUT2D eigenvalue weighted by atomic mass is 10.1. The normalized spacial score (nSPS) is 12.6. The van der Waals surface area contributed by atoms with Gasteiger partial charge in [-0.1, -0.05) is 49.1 Å². The maximum Gasteiger partial charge on any atom is 0.189 e. The molecule has 2 rings (SSSR count). The van der Waals surface area contributed by atoms with Crippen molar-refractivity contribution in [3.8, 4) is 0 Å². The number of carbonyl (C=O) groups excluding carboxylic acids is 1. The highest BCUT2D eigenvalue weighted by molar-refractivity contribution is 6.19. The van der Waals surface area contributed by atoms with E-state index in [-0.39, 0.29) is 12.4 Å². The molecule has 4 heteroatoms. The topological polar surface area (TPSA) is 44.1 Å². The van der Waals surface area contributed by atoms with E-state index in [4.69, 9.17) is 4.74 Å². The van der Waals surface area contributed by atoms with Gasteiger partial charge in [0.25, 0.3) is 0 Å². The van der Waals surface area contributed by atoms with Crippen molar-refractivity contribution in [2.24, 2.45) is 0 Å². The first-order valence-corrected chi connectivity index (χ1v) is 7.11. The Balaban J connectivity index is 2.46. The Morgan fingerprint density at radius 3 is 2.73 bits per heavy atom. The zero-order valence-electron chi connectivity index (χ0n) is 13.0. The number of Topliss-reactive ketones (excluding diaryl/α,β-unsaturated/α-hetero) is 1. The van der Waals surface area contributed by atoms with Crippen LogP contribution in [0.3, 0.4) is 0 Å². The summed E-state index contributed by atoms with van der Waals surface area (Å²) in [4.78, 5) is 12.2. The first-order valence-electron chi connectivity index (χ1n) is 7.11. The predicted molar refractivity (Wildman–Crippen MR) is 87.6 cm³/mol. The average Bonchev–Trinajstić information content (AvgIpc) is 2.87. The second-order valence-corrected chi connectivity index (χ2v) is 4.92. The molecule has 0 saturated heterocycles. The number of carbonyl (C=O) groups is 1. The van der Waals surface area contributed by atoms with Gasteiger partial charge in [-0.2, -0.15) is 5.10 Å². The molecule has 1 aromatic carbocycles. The molecule has 0 N–H and O–H groups in total. The molecule has 0 radical (unpaired) electrons. The SMILES string of the molecule is C=c1/c(=C(\C=C/C)C(=O)COC)cnn1Cc1ccccc1. The lowest BCUT2D eigenvalue weighted by Gasteiger charge is -2.02. The van der Waals surface area contributed by atoms with Crippen LogP contribution in [0.25, 0.3) is 12.2 Å². The van der Waals surface area contributed by atoms with Crippen LogP contribution in [0.2, 0.25) is 0 Å². The van der Waals surface area contributed by atoms with E-state index in [9.17, 15) is 4.79 Å². The summed E-state index contributed by atoms with van der Waals surface area (Å²) in [5.41, 5.74) is 1.71. The maximum absolute atomic E-state index is 12.2. The highest BCUT2D eigenvalue weighted by atomic mass is 16.5. The van der Waals surface area contributed by atoms with Crippen molar-refractivity contribution >= 4 is 17.9 Å². The van der Waals surface area contributed by atoms with E-state index in [0.717, 1.165) is 16.1 Å². The lowest BCUT2D eigenvalue weighted by Crippen LogP contribution is -2.32. The molecule has 1 aromatic heterocycles. The van der Waals surface area contributed by atoms with Gasteiger partial charge in [0.05, 0.1) is 18.1 Å². The van der Waals surface area contributed by atoms with E-state index in [1.54, 1.807) is 17.0 Å². The molecule has 0 atom stereocenters. The fourth-order valence-corrected chi connectivity index (χ4v) is 2.24. The Morgan fingerprint density at radius 2 is 2.09 bits per heavy atom. The van der Waals surface area contributed by atoms with Gasteiger partial charge in [-0.15, -0.1) is 0 Å². The molecule has 0 fully saturated rings. The quantitative estimate of drug-likeness (QED) is 0.807. The van der Waals surface area contributed by atoms with Gasteiger partial charge in [-0.3, -0.25) is 9.48 Å². The number of hydrogen-bond donors (Lipinski definition) is 0. The minimum absolute atomic E-state index is 0.0446. The smallest absolute Gasteiger partial charge is 0.189 e. The number of ether oxygens (including phenoxy) is 1. The molecular formula is C18H20N2O2. The van der Waals surface area contributed by atoms with Gasteiger partial charge >= 0.3 is 0 Å². The first-order chi connectivity index (χ1) is 10.7. The van der Waals surface area contributed by atoms with Crippen molar-refractivity contribution in [3.63, 3.8) is 0 Å². The second-order valence-electron chi connectivity index (χ2n) is 4.92. The number of rotatable bonds is 6. The number of methoxy groups -OCH3 is 1. The van der Waals surface area contributed by atoms with Crippen molar-refractivity contribution in [1.29, 1.82) is 0 Å². The number of ketones is 1. The highest BCUT2D eigenvalue weighted by Crippen LogP contribution is 2.00. The van der Waals surface area contributed by atoms with E-state index in [1.807, 2.05) is 43.3 Å². The van der Waals surface area contributed by atoms with Crippen LogP contribution in [-0.2, 0) is 16.1 Å². The Labute approximate surface area is 130 Å². The Hall–Kier alpha value is -2.46. The average molecular weight is 296 g/mol. The standard InChI is InChI=1S/C18H20N2O2/c1-4-8-16(18(21)13-22-3)17-11-19-20(14(17)2)12-15-9-6-5-7-10-15/h4-11H,2,12-13H2,1,3H3/b8-4-,17-16+. The molecule has 114 valence electrons. The second kappa shape index (κ2) is 7.52. The lowest BCUT2D eigenvalue weighted by molar-refractivity contribution is -0.117. The summed E-state index contributed by atoms with van der Waals surface area (Å²) < 4.78 is 6.74. The molecule has 0 aliphatic rings. The van der Waals surface area contributed by atoms with Gasteiger partial charge in [0, 0.05) is 17.9 Å². The van der Waals surface area contributed by atoms with Gasteiger partial charge in [0.2, 0.25) is 0 Å². The first kappa shape index (κ1) is 15.9. The van der Waals surface area contributed by atoms with E-state index in [0.29, 0.717) is 12.1 Å². The molecular weight excluding hydrogens is 276 g/mol. The molecule has 0 aliphatic carbocycles.